The third kappa shape index (κ3) is 2.05. The summed E-state index contributed by atoms with van der Waals surface area (Å²) in [5, 5.41) is 2.92. The van der Waals surface area contributed by atoms with E-state index in [9.17, 15) is 4.79 Å². The summed E-state index contributed by atoms with van der Waals surface area (Å²) in [6, 6.07) is 0. The van der Waals surface area contributed by atoms with Gasteiger partial charge in [-0.25, -0.2) is 0 Å². The van der Waals surface area contributed by atoms with E-state index in [0.29, 0.717) is 26.4 Å². The Bertz CT molecular complexity index is 222. The Hall–Kier alpha value is -0.650. The van der Waals surface area contributed by atoms with Crippen molar-refractivity contribution in [3.8, 4) is 0 Å². The Balaban J connectivity index is 1.82. The van der Waals surface area contributed by atoms with Gasteiger partial charge >= 0.3 is 0 Å². The van der Waals surface area contributed by atoms with Crippen molar-refractivity contribution in [3.63, 3.8) is 0 Å². The van der Waals surface area contributed by atoms with E-state index >= 15 is 0 Å². The second-order valence-corrected chi connectivity index (χ2v) is 3.91. The second-order valence-electron chi connectivity index (χ2n) is 3.91. The maximum atomic E-state index is 11.6. The van der Waals surface area contributed by atoms with Crippen molar-refractivity contribution in [1.82, 2.24) is 5.32 Å². The normalized spacial score (nSPS) is 29.6. The lowest BCUT2D eigenvalue weighted by Crippen LogP contribution is -2.50. The second kappa shape index (κ2) is 3.84. The number of amides is 1. The Labute approximate surface area is 82.9 Å². The molecular formula is C9H16N2O3. The van der Waals surface area contributed by atoms with Crippen LogP contribution in [0.5, 0.6) is 0 Å². The van der Waals surface area contributed by atoms with Gasteiger partial charge in [-0.2, -0.15) is 0 Å². The van der Waals surface area contributed by atoms with E-state index in [1.165, 1.54) is 0 Å². The first kappa shape index (κ1) is 9.89. The third-order valence-electron chi connectivity index (χ3n) is 2.74. The molecular weight excluding hydrogens is 184 g/mol. The smallest absolute Gasteiger partial charge is 0.252 e. The van der Waals surface area contributed by atoms with Crippen molar-refractivity contribution in [2.24, 2.45) is 5.73 Å². The first-order valence-corrected chi connectivity index (χ1v) is 4.97. The summed E-state index contributed by atoms with van der Waals surface area (Å²) in [4.78, 5) is 11.6. The van der Waals surface area contributed by atoms with Crippen molar-refractivity contribution >= 4 is 5.91 Å². The van der Waals surface area contributed by atoms with Crippen LogP contribution in [0.25, 0.3) is 0 Å². The van der Waals surface area contributed by atoms with Gasteiger partial charge in [-0.3, -0.25) is 4.79 Å². The molecule has 0 spiro atoms. The molecule has 0 aromatic carbocycles. The number of carbonyl (C=O) groups excluding carboxylic acids is 1. The van der Waals surface area contributed by atoms with Crippen LogP contribution in [0.3, 0.4) is 0 Å². The molecule has 1 aliphatic carbocycles. The fraction of sp³-hybridized carbons (Fsp3) is 0.889. The molecule has 80 valence electrons. The molecule has 1 heterocycles. The van der Waals surface area contributed by atoms with Gasteiger partial charge in [-0.15, -0.1) is 0 Å². The van der Waals surface area contributed by atoms with Gasteiger partial charge in [0.1, 0.15) is 0 Å². The van der Waals surface area contributed by atoms with E-state index < -0.39 is 6.10 Å². The molecule has 0 aromatic heterocycles. The molecule has 1 saturated carbocycles. The number of nitrogens with one attached hydrogen (secondary N) is 1. The van der Waals surface area contributed by atoms with E-state index in [1.54, 1.807) is 0 Å². The number of ether oxygens (including phenoxy) is 2. The first-order valence-electron chi connectivity index (χ1n) is 4.97. The van der Waals surface area contributed by atoms with Gasteiger partial charge in [-0.05, 0) is 12.8 Å². The fourth-order valence-electron chi connectivity index (χ4n) is 1.51. The number of carbonyl (C=O) groups is 1. The molecule has 1 atom stereocenters. The largest absolute Gasteiger partial charge is 0.376 e. The molecule has 5 nitrogen and oxygen atoms in total. The minimum atomic E-state index is -0.451. The maximum absolute atomic E-state index is 11.6. The average molecular weight is 200 g/mol. The number of rotatable bonds is 3. The average Bonchev–Trinajstić information content (AvgIpc) is 3.00. The van der Waals surface area contributed by atoms with Crippen molar-refractivity contribution in [1.29, 1.82) is 0 Å². The maximum Gasteiger partial charge on any atom is 0.252 e. The zero-order valence-electron chi connectivity index (χ0n) is 8.12. The lowest BCUT2D eigenvalue weighted by Gasteiger charge is -2.24. The highest BCUT2D eigenvalue weighted by atomic mass is 16.6. The van der Waals surface area contributed by atoms with Crippen LogP contribution in [-0.2, 0) is 14.3 Å². The lowest BCUT2D eigenvalue weighted by molar-refractivity contribution is -0.148. The number of hydrogen-bond donors (Lipinski definition) is 2. The molecule has 3 N–H and O–H groups in total. The van der Waals surface area contributed by atoms with Crippen molar-refractivity contribution in [2.75, 3.05) is 26.4 Å². The molecule has 2 fully saturated rings. The van der Waals surface area contributed by atoms with E-state index in [2.05, 4.69) is 5.32 Å². The first-order chi connectivity index (χ1) is 6.76. The predicted molar refractivity (Wildman–Crippen MR) is 49.7 cm³/mol. The summed E-state index contributed by atoms with van der Waals surface area (Å²) in [6.07, 6.45) is 1.50. The fourth-order valence-corrected chi connectivity index (χ4v) is 1.51. The summed E-state index contributed by atoms with van der Waals surface area (Å²) in [7, 11) is 0. The summed E-state index contributed by atoms with van der Waals surface area (Å²) < 4.78 is 10.4. The van der Waals surface area contributed by atoms with Crippen LogP contribution in [0.4, 0.5) is 0 Å². The summed E-state index contributed by atoms with van der Waals surface area (Å²) in [5.41, 5.74) is 5.42. The molecule has 14 heavy (non-hydrogen) atoms. The van der Waals surface area contributed by atoms with Crippen molar-refractivity contribution < 1.29 is 14.3 Å². The molecule has 2 rings (SSSR count). The van der Waals surface area contributed by atoms with Crippen LogP contribution in [0.15, 0.2) is 0 Å². The monoisotopic (exact) mass is 200 g/mol. The SMILES string of the molecule is NCC1(NC(=O)C2COCCO2)CC1. The van der Waals surface area contributed by atoms with Crippen LogP contribution < -0.4 is 11.1 Å². The zero-order chi connectivity index (χ0) is 10.0. The molecule has 1 saturated heterocycles. The standard InChI is InChI=1S/C9H16N2O3/c10-6-9(1-2-9)11-8(12)7-5-13-3-4-14-7/h7H,1-6,10H2,(H,11,12). The van der Waals surface area contributed by atoms with Gasteiger partial charge < -0.3 is 20.5 Å². The third-order valence-corrected chi connectivity index (χ3v) is 2.74. The highest BCUT2D eigenvalue weighted by Gasteiger charge is 2.43. The van der Waals surface area contributed by atoms with Crippen LogP contribution >= 0.6 is 0 Å². The quantitative estimate of drug-likeness (QED) is 0.613. The molecule has 1 aliphatic heterocycles. The van der Waals surface area contributed by atoms with Gasteiger partial charge in [0.05, 0.1) is 25.4 Å². The van der Waals surface area contributed by atoms with Crippen LogP contribution in [0.1, 0.15) is 12.8 Å². The van der Waals surface area contributed by atoms with Crippen LogP contribution in [0.2, 0.25) is 0 Å². The van der Waals surface area contributed by atoms with Crippen LogP contribution in [0, 0.1) is 0 Å². The van der Waals surface area contributed by atoms with Gasteiger partial charge in [0, 0.05) is 6.54 Å². The molecule has 5 heteroatoms. The molecule has 0 radical (unpaired) electrons. The van der Waals surface area contributed by atoms with Crippen molar-refractivity contribution in [3.05, 3.63) is 0 Å². The molecule has 2 aliphatic rings. The lowest BCUT2D eigenvalue weighted by atomic mass is 10.2. The summed E-state index contributed by atoms with van der Waals surface area (Å²) in [5.74, 6) is -0.0901. The van der Waals surface area contributed by atoms with Gasteiger partial charge in [0.15, 0.2) is 6.10 Å². The van der Waals surface area contributed by atoms with E-state index in [4.69, 9.17) is 15.2 Å². The molecule has 1 unspecified atom stereocenters. The molecule has 0 aromatic rings. The highest BCUT2D eigenvalue weighted by Crippen LogP contribution is 2.34. The van der Waals surface area contributed by atoms with E-state index in [-0.39, 0.29) is 11.4 Å². The molecule has 1 amide bonds. The Kier molecular flexibility index (Phi) is 2.71. The Morgan fingerprint density at radius 2 is 2.29 bits per heavy atom. The minimum absolute atomic E-state index is 0.0901. The Morgan fingerprint density at radius 1 is 1.50 bits per heavy atom. The van der Waals surface area contributed by atoms with Gasteiger partial charge in [-0.1, -0.05) is 0 Å². The predicted octanol–water partition coefficient (Wildman–Crippen LogP) is -0.991. The highest BCUT2D eigenvalue weighted by molar-refractivity contribution is 5.82. The van der Waals surface area contributed by atoms with Gasteiger partial charge in [0.25, 0.3) is 5.91 Å². The summed E-state index contributed by atoms with van der Waals surface area (Å²) in [6.45, 7) is 1.93. The topological polar surface area (TPSA) is 73.6 Å². The minimum Gasteiger partial charge on any atom is -0.376 e. The molecule has 0 bridgehead atoms. The number of hydrogen-bond acceptors (Lipinski definition) is 4. The van der Waals surface area contributed by atoms with E-state index in [1.807, 2.05) is 0 Å². The van der Waals surface area contributed by atoms with E-state index in [0.717, 1.165) is 12.8 Å². The number of nitrogens with two attached hydrogens (primary N) is 1. The van der Waals surface area contributed by atoms with Crippen LogP contribution in [-0.4, -0.2) is 43.9 Å². The van der Waals surface area contributed by atoms with Crippen molar-refractivity contribution in [2.45, 2.75) is 24.5 Å². The Morgan fingerprint density at radius 3 is 2.79 bits per heavy atom. The zero-order valence-corrected chi connectivity index (χ0v) is 8.12. The van der Waals surface area contributed by atoms with Gasteiger partial charge in [0.2, 0.25) is 0 Å². The summed E-state index contributed by atoms with van der Waals surface area (Å²) >= 11 is 0.